The molecule has 0 aromatic carbocycles. The Morgan fingerprint density at radius 3 is 2.41 bits per heavy atom. The zero-order valence-electron chi connectivity index (χ0n) is 10.7. The van der Waals surface area contributed by atoms with Gasteiger partial charge >= 0.3 is 0 Å². The molecule has 1 aromatic heterocycles. The van der Waals surface area contributed by atoms with Crippen molar-refractivity contribution in [3.8, 4) is 0 Å². The summed E-state index contributed by atoms with van der Waals surface area (Å²) in [5, 5.41) is 3.23. The van der Waals surface area contributed by atoms with Crippen LogP contribution in [0.1, 0.15) is 46.0 Å². The SMILES string of the molecule is CC(C)CCCCCCNc1ncc(Br)cn1. The van der Waals surface area contributed by atoms with Crippen molar-refractivity contribution in [1.29, 1.82) is 0 Å². The topological polar surface area (TPSA) is 37.8 Å². The van der Waals surface area contributed by atoms with Crippen LogP contribution < -0.4 is 5.32 Å². The van der Waals surface area contributed by atoms with E-state index in [-0.39, 0.29) is 0 Å². The van der Waals surface area contributed by atoms with Crippen LogP contribution in [0.5, 0.6) is 0 Å². The van der Waals surface area contributed by atoms with Gasteiger partial charge in [-0.05, 0) is 28.3 Å². The summed E-state index contributed by atoms with van der Waals surface area (Å²) in [6.07, 6.45) is 10.0. The number of anilines is 1. The molecule has 0 spiro atoms. The first-order valence-corrected chi connectivity index (χ1v) is 7.19. The number of hydrogen-bond donors (Lipinski definition) is 1. The lowest BCUT2D eigenvalue weighted by Gasteiger charge is -2.05. The fourth-order valence-electron chi connectivity index (χ4n) is 1.63. The van der Waals surface area contributed by atoms with Crippen LogP contribution in [0, 0.1) is 5.92 Å². The molecule has 4 heteroatoms. The van der Waals surface area contributed by atoms with E-state index in [2.05, 4.69) is 45.1 Å². The Hall–Kier alpha value is -0.640. The maximum absolute atomic E-state index is 4.17. The summed E-state index contributed by atoms with van der Waals surface area (Å²) in [6.45, 7) is 5.53. The van der Waals surface area contributed by atoms with E-state index in [4.69, 9.17) is 0 Å². The van der Waals surface area contributed by atoms with Crippen LogP contribution in [0.3, 0.4) is 0 Å². The van der Waals surface area contributed by atoms with Gasteiger partial charge in [0, 0.05) is 18.9 Å². The molecular weight excluding hydrogens is 278 g/mol. The van der Waals surface area contributed by atoms with Gasteiger partial charge in [-0.15, -0.1) is 0 Å². The molecule has 3 nitrogen and oxygen atoms in total. The molecule has 0 bridgehead atoms. The van der Waals surface area contributed by atoms with E-state index in [1.165, 1.54) is 32.1 Å². The highest BCUT2D eigenvalue weighted by molar-refractivity contribution is 9.10. The van der Waals surface area contributed by atoms with E-state index in [0.717, 1.165) is 22.9 Å². The van der Waals surface area contributed by atoms with Gasteiger partial charge in [0.25, 0.3) is 0 Å². The number of aromatic nitrogens is 2. The summed E-state index contributed by atoms with van der Waals surface area (Å²) in [6, 6.07) is 0. The monoisotopic (exact) mass is 299 g/mol. The van der Waals surface area contributed by atoms with Crippen LogP contribution in [0.4, 0.5) is 5.95 Å². The highest BCUT2D eigenvalue weighted by Crippen LogP contribution is 2.10. The van der Waals surface area contributed by atoms with E-state index < -0.39 is 0 Å². The van der Waals surface area contributed by atoms with Crippen molar-refractivity contribution in [2.24, 2.45) is 5.92 Å². The Kier molecular flexibility index (Phi) is 7.17. The highest BCUT2D eigenvalue weighted by atomic mass is 79.9. The first-order chi connectivity index (χ1) is 8.18. The molecule has 0 fully saturated rings. The molecular formula is C13H22BrN3. The number of unbranched alkanes of at least 4 members (excludes halogenated alkanes) is 3. The predicted molar refractivity (Wildman–Crippen MR) is 76.1 cm³/mol. The lowest BCUT2D eigenvalue weighted by atomic mass is 10.0. The van der Waals surface area contributed by atoms with E-state index >= 15 is 0 Å². The standard InChI is InChI=1S/C13H22BrN3/c1-11(2)7-5-3-4-6-8-15-13-16-9-12(14)10-17-13/h9-11H,3-8H2,1-2H3,(H,15,16,17). The molecule has 0 radical (unpaired) electrons. The van der Waals surface area contributed by atoms with E-state index in [1.807, 2.05) is 0 Å². The number of rotatable bonds is 8. The number of hydrogen-bond acceptors (Lipinski definition) is 3. The third-order valence-corrected chi connectivity index (χ3v) is 3.02. The Balaban J connectivity index is 1.99. The predicted octanol–water partition coefficient (Wildman–Crippen LogP) is 4.26. The van der Waals surface area contributed by atoms with Gasteiger partial charge in [-0.25, -0.2) is 9.97 Å². The average Bonchev–Trinajstić information content (AvgIpc) is 2.30. The molecule has 0 amide bonds. The van der Waals surface area contributed by atoms with Gasteiger partial charge in [0.1, 0.15) is 0 Å². The first kappa shape index (κ1) is 14.4. The minimum absolute atomic E-state index is 0.718. The summed E-state index contributed by atoms with van der Waals surface area (Å²) >= 11 is 3.31. The molecule has 1 rings (SSSR count). The third kappa shape index (κ3) is 7.31. The molecule has 0 saturated heterocycles. The smallest absolute Gasteiger partial charge is 0.222 e. The van der Waals surface area contributed by atoms with Crippen molar-refractivity contribution in [1.82, 2.24) is 9.97 Å². The van der Waals surface area contributed by atoms with Crippen molar-refractivity contribution in [2.45, 2.75) is 46.0 Å². The van der Waals surface area contributed by atoms with E-state index in [0.29, 0.717) is 0 Å². The van der Waals surface area contributed by atoms with Gasteiger partial charge in [0.05, 0.1) is 4.47 Å². The third-order valence-electron chi connectivity index (χ3n) is 2.61. The summed E-state index contributed by atoms with van der Waals surface area (Å²) in [7, 11) is 0. The summed E-state index contributed by atoms with van der Waals surface area (Å²) < 4.78 is 0.914. The number of halogens is 1. The second kappa shape index (κ2) is 8.45. The lowest BCUT2D eigenvalue weighted by Crippen LogP contribution is -2.04. The van der Waals surface area contributed by atoms with Gasteiger partial charge < -0.3 is 5.32 Å². The maximum Gasteiger partial charge on any atom is 0.222 e. The maximum atomic E-state index is 4.17. The normalized spacial score (nSPS) is 10.8. The molecule has 0 aliphatic rings. The number of nitrogens with zero attached hydrogens (tertiary/aromatic N) is 2. The summed E-state index contributed by atoms with van der Waals surface area (Å²) in [5.41, 5.74) is 0. The molecule has 0 atom stereocenters. The molecule has 0 aliphatic carbocycles. The van der Waals surface area contributed by atoms with E-state index in [9.17, 15) is 0 Å². The Morgan fingerprint density at radius 2 is 1.76 bits per heavy atom. The quantitative estimate of drug-likeness (QED) is 0.729. The first-order valence-electron chi connectivity index (χ1n) is 6.40. The summed E-state index contributed by atoms with van der Waals surface area (Å²) in [4.78, 5) is 8.33. The molecule has 1 aromatic rings. The van der Waals surface area contributed by atoms with Crippen LogP contribution >= 0.6 is 15.9 Å². The van der Waals surface area contributed by atoms with Crippen molar-refractivity contribution < 1.29 is 0 Å². The van der Waals surface area contributed by atoms with Gasteiger partial charge in [-0.3, -0.25) is 0 Å². The molecule has 0 unspecified atom stereocenters. The fourth-order valence-corrected chi connectivity index (χ4v) is 1.84. The van der Waals surface area contributed by atoms with Crippen LogP contribution in [-0.4, -0.2) is 16.5 Å². The zero-order valence-corrected chi connectivity index (χ0v) is 12.3. The molecule has 0 saturated carbocycles. The average molecular weight is 300 g/mol. The second-order valence-corrected chi connectivity index (χ2v) is 5.66. The van der Waals surface area contributed by atoms with Crippen LogP contribution in [-0.2, 0) is 0 Å². The van der Waals surface area contributed by atoms with E-state index in [1.54, 1.807) is 12.4 Å². The van der Waals surface area contributed by atoms with Crippen LogP contribution in [0.15, 0.2) is 16.9 Å². The van der Waals surface area contributed by atoms with Crippen LogP contribution in [0.25, 0.3) is 0 Å². The molecule has 17 heavy (non-hydrogen) atoms. The van der Waals surface area contributed by atoms with Crippen molar-refractivity contribution in [3.05, 3.63) is 16.9 Å². The van der Waals surface area contributed by atoms with Crippen molar-refractivity contribution in [2.75, 3.05) is 11.9 Å². The van der Waals surface area contributed by atoms with Gasteiger partial charge in [0.15, 0.2) is 0 Å². The van der Waals surface area contributed by atoms with Crippen molar-refractivity contribution in [3.63, 3.8) is 0 Å². The zero-order chi connectivity index (χ0) is 12.5. The Labute approximate surface area is 113 Å². The molecule has 1 N–H and O–H groups in total. The fraction of sp³-hybridized carbons (Fsp3) is 0.692. The largest absolute Gasteiger partial charge is 0.354 e. The minimum Gasteiger partial charge on any atom is -0.354 e. The Morgan fingerprint density at radius 1 is 1.12 bits per heavy atom. The van der Waals surface area contributed by atoms with Crippen molar-refractivity contribution >= 4 is 21.9 Å². The highest BCUT2D eigenvalue weighted by Gasteiger charge is 1.96. The Bertz CT molecular complexity index is 298. The van der Waals surface area contributed by atoms with Gasteiger partial charge in [-0.2, -0.15) is 0 Å². The molecule has 96 valence electrons. The minimum atomic E-state index is 0.718. The molecule has 0 aliphatic heterocycles. The van der Waals surface area contributed by atoms with Gasteiger partial charge in [-0.1, -0.05) is 39.5 Å². The molecule has 1 heterocycles. The lowest BCUT2D eigenvalue weighted by molar-refractivity contribution is 0.523. The summed E-state index contributed by atoms with van der Waals surface area (Å²) in [5.74, 6) is 1.56. The second-order valence-electron chi connectivity index (χ2n) is 4.75. The van der Waals surface area contributed by atoms with Crippen LogP contribution in [0.2, 0.25) is 0 Å². The van der Waals surface area contributed by atoms with Gasteiger partial charge in [0.2, 0.25) is 5.95 Å². The number of nitrogens with one attached hydrogen (secondary N) is 1.